The summed E-state index contributed by atoms with van der Waals surface area (Å²) in [5.74, 6) is 0.796. The Morgan fingerprint density at radius 1 is 1.19 bits per heavy atom. The zero-order chi connectivity index (χ0) is 18.6. The number of hydrogen-bond donors (Lipinski definition) is 1. The van der Waals surface area contributed by atoms with E-state index in [1.165, 1.54) is 0 Å². The van der Waals surface area contributed by atoms with Crippen molar-refractivity contribution in [3.63, 3.8) is 0 Å². The molecule has 0 atom stereocenters. The van der Waals surface area contributed by atoms with Crippen LogP contribution in [0.15, 0.2) is 36.5 Å². The summed E-state index contributed by atoms with van der Waals surface area (Å²) < 4.78 is 11.3. The van der Waals surface area contributed by atoms with Crippen molar-refractivity contribution in [1.29, 1.82) is 5.26 Å². The third-order valence-electron chi connectivity index (χ3n) is 4.83. The normalized spacial score (nSPS) is 17.1. The summed E-state index contributed by atoms with van der Waals surface area (Å²) in [5.41, 5.74) is 2.72. The number of hydrogen-bond acceptors (Lipinski definition) is 5. The van der Waals surface area contributed by atoms with Crippen LogP contribution in [-0.2, 0) is 9.53 Å². The molecule has 1 N–H and O–H groups in total. The average molecular weight is 363 g/mol. The highest BCUT2D eigenvalue weighted by Gasteiger charge is 2.29. The summed E-state index contributed by atoms with van der Waals surface area (Å²) in [4.78, 5) is 16.3. The number of benzene rings is 1. The molecule has 27 heavy (non-hydrogen) atoms. The van der Waals surface area contributed by atoms with Crippen LogP contribution in [0.25, 0.3) is 11.3 Å². The quantitative estimate of drug-likeness (QED) is 0.878. The van der Waals surface area contributed by atoms with Crippen molar-refractivity contribution in [3.8, 4) is 23.1 Å². The second-order valence-electron chi connectivity index (χ2n) is 6.95. The van der Waals surface area contributed by atoms with Gasteiger partial charge in [-0.1, -0.05) is 0 Å². The van der Waals surface area contributed by atoms with E-state index in [2.05, 4.69) is 16.4 Å². The van der Waals surface area contributed by atoms with Gasteiger partial charge in [-0.3, -0.25) is 9.78 Å². The fourth-order valence-electron chi connectivity index (χ4n) is 3.11. The standard InChI is InChI=1S/C21H21N3O3/c22-13-16-11-15(3-4-20(16)27-18-6-9-26-10-7-18)19-12-17(5-8-23-19)24-21(25)14-1-2-14/h3-5,8,11-12,14,18H,1-2,6-7,9-10H2,(H,23,24,25). The molecule has 1 saturated carbocycles. The molecule has 1 aromatic carbocycles. The van der Waals surface area contributed by atoms with E-state index in [0.717, 1.165) is 36.9 Å². The van der Waals surface area contributed by atoms with Gasteiger partial charge in [-0.15, -0.1) is 0 Å². The number of nitrogens with zero attached hydrogens (tertiary/aromatic N) is 2. The van der Waals surface area contributed by atoms with E-state index in [1.807, 2.05) is 18.2 Å². The molecule has 6 nitrogen and oxygen atoms in total. The minimum Gasteiger partial charge on any atom is -0.489 e. The van der Waals surface area contributed by atoms with Crippen molar-refractivity contribution >= 4 is 11.6 Å². The summed E-state index contributed by atoms with van der Waals surface area (Å²) in [7, 11) is 0. The second-order valence-corrected chi connectivity index (χ2v) is 6.95. The van der Waals surface area contributed by atoms with Crippen LogP contribution in [0.4, 0.5) is 5.69 Å². The van der Waals surface area contributed by atoms with Crippen molar-refractivity contribution in [2.45, 2.75) is 31.8 Å². The molecule has 1 aliphatic carbocycles. The van der Waals surface area contributed by atoms with Crippen LogP contribution < -0.4 is 10.1 Å². The first-order valence-electron chi connectivity index (χ1n) is 9.29. The second kappa shape index (κ2) is 7.77. The molecule has 0 radical (unpaired) electrons. The number of pyridine rings is 1. The number of rotatable bonds is 5. The van der Waals surface area contributed by atoms with Crippen molar-refractivity contribution in [3.05, 3.63) is 42.1 Å². The van der Waals surface area contributed by atoms with Gasteiger partial charge in [0.15, 0.2) is 0 Å². The Balaban J connectivity index is 1.53. The number of carbonyl (C=O) groups is 1. The minimum absolute atomic E-state index is 0.0603. The average Bonchev–Trinajstić information content (AvgIpc) is 3.55. The smallest absolute Gasteiger partial charge is 0.227 e. The fourth-order valence-corrected chi connectivity index (χ4v) is 3.11. The van der Waals surface area contributed by atoms with Gasteiger partial charge in [0.25, 0.3) is 0 Å². The lowest BCUT2D eigenvalue weighted by atomic mass is 10.1. The van der Waals surface area contributed by atoms with Crippen molar-refractivity contribution in [2.75, 3.05) is 18.5 Å². The highest BCUT2D eigenvalue weighted by molar-refractivity contribution is 5.94. The topological polar surface area (TPSA) is 84.2 Å². The molecule has 6 heteroatoms. The van der Waals surface area contributed by atoms with Gasteiger partial charge >= 0.3 is 0 Å². The Morgan fingerprint density at radius 3 is 2.74 bits per heavy atom. The van der Waals surface area contributed by atoms with Crippen LogP contribution in [0.2, 0.25) is 0 Å². The maximum absolute atomic E-state index is 12.0. The zero-order valence-electron chi connectivity index (χ0n) is 15.0. The number of nitrogens with one attached hydrogen (secondary N) is 1. The number of ether oxygens (including phenoxy) is 2. The fraction of sp³-hybridized carbons (Fsp3) is 0.381. The minimum atomic E-state index is 0.0603. The number of amides is 1. The van der Waals surface area contributed by atoms with Gasteiger partial charge in [0.1, 0.15) is 17.9 Å². The molecule has 0 spiro atoms. The van der Waals surface area contributed by atoms with E-state index < -0.39 is 0 Å². The molecular weight excluding hydrogens is 342 g/mol. The van der Waals surface area contributed by atoms with Gasteiger partial charge in [0.2, 0.25) is 5.91 Å². The molecule has 2 aliphatic rings. The Bertz CT molecular complexity index is 880. The Kier molecular flexibility index (Phi) is 5.03. The largest absolute Gasteiger partial charge is 0.489 e. The molecule has 1 saturated heterocycles. The lowest BCUT2D eigenvalue weighted by molar-refractivity contribution is -0.117. The molecule has 1 amide bonds. The van der Waals surface area contributed by atoms with Gasteiger partial charge in [-0.25, -0.2) is 0 Å². The Hall–Kier alpha value is -2.91. The molecule has 1 aromatic heterocycles. The van der Waals surface area contributed by atoms with Gasteiger partial charge in [-0.05, 0) is 43.2 Å². The van der Waals surface area contributed by atoms with E-state index in [0.29, 0.717) is 30.2 Å². The molecule has 1 aliphatic heterocycles. The van der Waals surface area contributed by atoms with E-state index in [-0.39, 0.29) is 17.9 Å². The Morgan fingerprint density at radius 2 is 2.00 bits per heavy atom. The third kappa shape index (κ3) is 4.26. The summed E-state index contributed by atoms with van der Waals surface area (Å²) in [5, 5.41) is 12.5. The van der Waals surface area contributed by atoms with Gasteiger partial charge in [0.05, 0.1) is 24.5 Å². The van der Waals surface area contributed by atoms with E-state index >= 15 is 0 Å². The molecule has 0 unspecified atom stereocenters. The SMILES string of the molecule is N#Cc1cc(-c2cc(NC(=O)C3CC3)ccn2)ccc1OC1CCOCC1. The maximum atomic E-state index is 12.0. The summed E-state index contributed by atoms with van der Waals surface area (Å²) in [6.07, 6.45) is 5.33. The first-order valence-corrected chi connectivity index (χ1v) is 9.29. The highest BCUT2D eigenvalue weighted by atomic mass is 16.5. The van der Waals surface area contributed by atoms with Crippen LogP contribution >= 0.6 is 0 Å². The van der Waals surface area contributed by atoms with E-state index in [4.69, 9.17) is 9.47 Å². The molecular formula is C21H21N3O3. The number of nitriles is 1. The molecule has 4 rings (SSSR count). The maximum Gasteiger partial charge on any atom is 0.227 e. The summed E-state index contributed by atoms with van der Waals surface area (Å²) >= 11 is 0. The van der Waals surface area contributed by atoms with Crippen LogP contribution in [0.1, 0.15) is 31.2 Å². The van der Waals surface area contributed by atoms with Crippen molar-refractivity contribution in [2.24, 2.45) is 5.92 Å². The summed E-state index contributed by atoms with van der Waals surface area (Å²) in [6.45, 7) is 1.38. The highest BCUT2D eigenvalue weighted by Crippen LogP contribution is 2.31. The van der Waals surface area contributed by atoms with Gasteiger partial charge in [-0.2, -0.15) is 5.26 Å². The zero-order valence-corrected chi connectivity index (χ0v) is 15.0. The Labute approximate surface area is 158 Å². The van der Waals surface area contributed by atoms with Crippen LogP contribution in [0.5, 0.6) is 5.75 Å². The third-order valence-corrected chi connectivity index (χ3v) is 4.83. The van der Waals surface area contributed by atoms with Crippen LogP contribution in [-0.4, -0.2) is 30.2 Å². The molecule has 0 bridgehead atoms. The lowest BCUT2D eigenvalue weighted by Gasteiger charge is -2.23. The predicted molar refractivity (Wildman–Crippen MR) is 100 cm³/mol. The summed E-state index contributed by atoms with van der Waals surface area (Å²) in [6, 6.07) is 11.3. The van der Waals surface area contributed by atoms with Crippen molar-refractivity contribution in [1.82, 2.24) is 4.98 Å². The van der Waals surface area contributed by atoms with E-state index in [1.54, 1.807) is 18.3 Å². The molecule has 138 valence electrons. The van der Waals surface area contributed by atoms with Crippen LogP contribution in [0.3, 0.4) is 0 Å². The molecule has 2 fully saturated rings. The van der Waals surface area contributed by atoms with E-state index in [9.17, 15) is 10.1 Å². The molecule has 2 heterocycles. The number of anilines is 1. The first kappa shape index (κ1) is 17.5. The monoisotopic (exact) mass is 363 g/mol. The predicted octanol–water partition coefficient (Wildman–Crippen LogP) is 3.53. The lowest BCUT2D eigenvalue weighted by Crippen LogP contribution is -2.26. The first-order chi connectivity index (χ1) is 13.2. The van der Waals surface area contributed by atoms with Gasteiger partial charge in [0, 0.05) is 36.2 Å². The molecule has 2 aromatic rings. The van der Waals surface area contributed by atoms with Crippen molar-refractivity contribution < 1.29 is 14.3 Å². The number of aromatic nitrogens is 1. The van der Waals surface area contributed by atoms with Crippen LogP contribution in [0, 0.1) is 17.2 Å². The van der Waals surface area contributed by atoms with Gasteiger partial charge < -0.3 is 14.8 Å². The number of carbonyl (C=O) groups excluding carboxylic acids is 1.